The van der Waals surface area contributed by atoms with E-state index in [2.05, 4.69) is 13.8 Å². The van der Waals surface area contributed by atoms with Gasteiger partial charge in [0, 0.05) is 6.04 Å². The summed E-state index contributed by atoms with van der Waals surface area (Å²) >= 11 is 0. The van der Waals surface area contributed by atoms with Gasteiger partial charge in [0.05, 0.1) is 12.6 Å². The lowest BCUT2D eigenvalue weighted by atomic mass is 10.1. The summed E-state index contributed by atoms with van der Waals surface area (Å²) in [5, 5.41) is 9.96. The molecular weight excluding hydrogens is 230 g/mol. The molecule has 0 aromatic carbocycles. The number of aliphatic hydroxyl groups excluding tert-OH is 1. The Balaban J connectivity index is 2.52. The summed E-state index contributed by atoms with van der Waals surface area (Å²) in [4.78, 5) is 13.7. The zero-order valence-corrected chi connectivity index (χ0v) is 12.3. The van der Waals surface area contributed by atoms with E-state index in [1.54, 1.807) is 4.90 Å². The third kappa shape index (κ3) is 5.71. The van der Waals surface area contributed by atoms with Crippen LogP contribution >= 0.6 is 0 Å². The molecule has 0 radical (unpaired) electrons. The fourth-order valence-corrected chi connectivity index (χ4v) is 1.93. The van der Waals surface area contributed by atoms with Gasteiger partial charge in [-0.2, -0.15) is 0 Å². The van der Waals surface area contributed by atoms with Crippen molar-refractivity contribution in [1.82, 2.24) is 4.90 Å². The molecule has 0 aromatic rings. The molecule has 4 nitrogen and oxygen atoms in total. The second-order valence-corrected chi connectivity index (χ2v) is 6.65. The number of nitrogens with zero attached hydrogens (tertiary/aromatic N) is 1. The van der Waals surface area contributed by atoms with Crippen molar-refractivity contribution in [3.63, 3.8) is 0 Å². The summed E-state index contributed by atoms with van der Waals surface area (Å²) in [6, 6.07) is 0.265. The Bertz CT molecular complexity index is 279. The molecule has 1 aliphatic carbocycles. The molecule has 106 valence electrons. The lowest BCUT2D eigenvalue weighted by molar-refractivity contribution is 0.0105. The van der Waals surface area contributed by atoms with Gasteiger partial charge in [0.15, 0.2) is 0 Å². The fourth-order valence-electron chi connectivity index (χ4n) is 1.93. The molecule has 1 unspecified atom stereocenters. The van der Waals surface area contributed by atoms with Crippen LogP contribution < -0.4 is 0 Å². The summed E-state index contributed by atoms with van der Waals surface area (Å²) in [5.74, 6) is 0.430. The molecule has 1 atom stereocenters. The van der Waals surface area contributed by atoms with E-state index in [0.717, 1.165) is 12.8 Å². The Morgan fingerprint density at radius 3 is 2.33 bits per heavy atom. The molecule has 1 saturated carbocycles. The number of ether oxygens (including phenoxy) is 1. The van der Waals surface area contributed by atoms with Gasteiger partial charge >= 0.3 is 6.09 Å². The maximum Gasteiger partial charge on any atom is 0.410 e. The molecule has 0 aromatic heterocycles. The van der Waals surface area contributed by atoms with Gasteiger partial charge in [0.1, 0.15) is 5.60 Å². The highest BCUT2D eigenvalue weighted by atomic mass is 16.6. The maximum atomic E-state index is 12.1. The van der Waals surface area contributed by atoms with E-state index in [9.17, 15) is 9.90 Å². The van der Waals surface area contributed by atoms with Gasteiger partial charge < -0.3 is 14.7 Å². The summed E-state index contributed by atoms with van der Waals surface area (Å²) in [6.07, 6.45) is 2.00. The molecule has 1 N–H and O–H groups in total. The molecular formula is C14H27NO3. The highest BCUT2D eigenvalue weighted by Crippen LogP contribution is 2.29. The second kappa shape index (κ2) is 5.91. The molecule has 18 heavy (non-hydrogen) atoms. The first kappa shape index (κ1) is 15.3. The van der Waals surface area contributed by atoms with E-state index in [-0.39, 0.29) is 12.1 Å². The van der Waals surface area contributed by atoms with Crippen molar-refractivity contribution >= 4 is 6.09 Å². The molecule has 1 fully saturated rings. The number of amides is 1. The third-order valence-electron chi connectivity index (χ3n) is 2.77. The van der Waals surface area contributed by atoms with Crippen LogP contribution in [0.2, 0.25) is 0 Å². The normalized spacial score (nSPS) is 17.7. The Hall–Kier alpha value is -0.770. The zero-order chi connectivity index (χ0) is 13.9. The molecule has 1 amide bonds. The highest BCUT2D eigenvalue weighted by Gasteiger charge is 2.36. The summed E-state index contributed by atoms with van der Waals surface area (Å²) in [7, 11) is 0. The predicted octanol–water partition coefficient (Wildman–Crippen LogP) is 2.79. The van der Waals surface area contributed by atoms with Gasteiger partial charge in [-0.15, -0.1) is 0 Å². The molecule has 4 heteroatoms. The SMILES string of the molecule is CC(C)CC(O)CN(C(=O)OC(C)(C)C)C1CC1. The van der Waals surface area contributed by atoms with Crippen LogP contribution in [0.25, 0.3) is 0 Å². The molecule has 1 rings (SSSR count). The Morgan fingerprint density at radius 1 is 1.39 bits per heavy atom. The van der Waals surface area contributed by atoms with Crippen LogP contribution in [0.4, 0.5) is 4.79 Å². The average molecular weight is 257 g/mol. The monoisotopic (exact) mass is 257 g/mol. The van der Waals surface area contributed by atoms with E-state index in [4.69, 9.17) is 4.74 Å². The molecule has 0 spiro atoms. The summed E-state index contributed by atoms with van der Waals surface area (Å²) in [6.45, 7) is 10.1. The molecule has 0 heterocycles. The van der Waals surface area contributed by atoms with Gasteiger partial charge in [-0.1, -0.05) is 13.8 Å². The summed E-state index contributed by atoms with van der Waals surface area (Å²) < 4.78 is 5.38. The van der Waals surface area contributed by atoms with Crippen LogP contribution in [0.1, 0.15) is 53.9 Å². The van der Waals surface area contributed by atoms with E-state index >= 15 is 0 Å². The van der Waals surface area contributed by atoms with Crippen molar-refractivity contribution in [2.45, 2.75) is 71.6 Å². The minimum Gasteiger partial charge on any atom is -0.444 e. The molecule has 1 aliphatic rings. The Morgan fingerprint density at radius 2 is 1.94 bits per heavy atom. The minimum atomic E-state index is -0.479. The van der Waals surface area contributed by atoms with E-state index < -0.39 is 11.7 Å². The number of carbonyl (C=O) groups is 1. The maximum absolute atomic E-state index is 12.1. The smallest absolute Gasteiger partial charge is 0.410 e. The van der Waals surface area contributed by atoms with Gasteiger partial charge in [0.25, 0.3) is 0 Å². The van der Waals surface area contributed by atoms with Crippen LogP contribution in [-0.2, 0) is 4.74 Å². The third-order valence-corrected chi connectivity index (χ3v) is 2.77. The van der Waals surface area contributed by atoms with Gasteiger partial charge in [-0.25, -0.2) is 4.79 Å². The topological polar surface area (TPSA) is 49.8 Å². The standard InChI is InChI=1S/C14H27NO3/c1-10(2)8-12(16)9-15(11-6-7-11)13(17)18-14(3,4)5/h10-12,16H,6-9H2,1-5H3. The van der Waals surface area contributed by atoms with Crippen molar-refractivity contribution in [2.24, 2.45) is 5.92 Å². The fraction of sp³-hybridized carbons (Fsp3) is 0.929. The lowest BCUT2D eigenvalue weighted by Crippen LogP contribution is -2.42. The molecule has 0 aliphatic heterocycles. The summed E-state index contributed by atoms with van der Waals surface area (Å²) in [5.41, 5.74) is -0.479. The zero-order valence-electron chi connectivity index (χ0n) is 12.3. The number of aliphatic hydroxyl groups is 1. The number of rotatable bonds is 5. The van der Waals surface area contributed by atoms with Crippen LogP contribution in [0.3, 0.4) is 0 Å². The van der Waals surface area contributed by atoms with E-state index in [0.29, 0.717) is 18.9 Å². The number of carbonyl (C=O) groups excluding carboxylic acids is 1. The van der Waals surface area contributed by atoms with E-state index in [1.165, 1.54) is 0 Å². The van der Waals surface area contributed by atoms with Crippen molar-refractivity contribution in [1.29, 1.82) is 0 Å². The van der Waals surface area contributed by atoms with Crippen LogP contribution in [0, 0.1) is 5.92 Å². The van der Waals surface area contributed by atoms with Crippen molar-refractivity contribution in [3.8, 4) is 0 Å². The van der Waals surface area contributed by atoms with Crippen molar-refractivity contribution in [3.05, 3.63) is 0 Å². The van der Waals surface area contributed by atoms with Crippen LogP contribution in [0.5, 0.6) is 0 Å². The average Bonchev–Trinajstić information content (AvgIpc) is 2.92. The van der Waals surface area contributed by atoms with Crippen LogP contribution in [0.15, 0.2) is 0 Å². The van der Waals surface area contributed by atoms with Crippen molar-refractivity contribution < 1.29 is 14.6 Å². The largest absolute Gasteiger partial charge is 0.444 e. The Labute approximate surface area is 110 Å². The first-order chi connectivity index (χ1) is 8.19. The predicted molar refractivity (Wildman–Crippen MR) is 71.4 cm³/mol. The first-order valence-corrected chi connectivity index (χ1v) is 6.86. The lowest BCUT2D eigenvalue weighted by Gasteiger charge is -2.29. The molecule has 0 saturated heterocycles. The van der Waals surface area contributed by atoms with Gasteiger partial charge in [-0.05, 0) is 46.0 Å². The molecule has 0 bridgehead atoms. The first-order valence-electron chi connectivity index (χ1n) is 6.86. The highest BCUT2D eigenvalue weighted by molar-refractivity contribution is 5.69. The van der Waals surface area contributed by atoms with Crippen LogP contribution in [-0.4, -0.2) is 40.4 Å². The number of hydrogen-bond acceptors (Lipinski definition) is 3. The number of hydrogen-bond donors (Lipinski definition) is 1. The quantitative estimate of drug-likeness (QED) is 0.824. The van der Waals surface area contributed by atoms with E-state index in [1.807, 2.05) is 20.8 Å². The second-order valence-electron chi connectivity index (χ2n) is 6.65. The minimum absolute atomic E-state index is 0.265. The Kier molecular flexibility index (Phi) is 5.02. The van der Waals surface area contributed by atoms with Gasteiger partial charge in [-0.3, -0.25) is 0 Å². The van der Waals surface area contributed by atoms with Gasteiger partial charge in [0.2, 0.25) is 0 Å². The van der Waals surface area contributed by atoms with Crippen molar-refractivity contribution in [2.75, 3.05) is 6.54 Å².